The highest BCUT2D eigenvalue weighted by molar-refractivity contribution is 4.74. The zero-order chi connectivity index (χ0) is 9.56. The number of rotatable bonds is 1. The SMILES string of the molecule is CC.CC1CCC(N(C)C)CC1. The number of hydrogen-bond donors (Lipinski definition) is 0. The van der Waals surface area contributed by atoms with Crippen LogP contribution in [0.25, 0.3) is 0 Å². The molecule has 0 amide bonds. The molecule has 0 aliphatic heterocycles. The predicted octanol–water partition coefficient (Wildman–Crippen LogP) is 3.15. The number of nitrogens with zero attached hydrogens (tertiary/aromatic N) is 1. The highest BCUT2D eigenvalue weighted by atomic mass is 15.1. The van der Waals surface area contributed by atoms with Crippen LogP contribution >= 0.6 is 0 Å². The van der Waals surface area contributed by atoms with Gasteiger partial charge in [0.2, 0.25) is 0 Å². The first-order valence-electron chi connectivity index (χ1n) is 5.36. The summed E-state index contributed by atoms with van der Waals surface area (Å²) in [6.45, 7) is 6.37. The van der Waals surface area contributed by atoms with E-state index in [9.17, 15) is 0 Å². The average molecular weight is 171 g/mol. The molecule has 0 aromatic carbocycles. The third-order valence-electron chi connectivity index (χ3n) is 2.72. The molecular formula is C11H25N. The first kappa shape index (κ1) is 12.0. The minimum absolute atomic E-state index is 0.871. The van der Waals surface area contributed by atoms with Crippen molar-refractivity contribution >= 4 is 0 Å². The molecule has 0 radical (unpaired) electrons. The van der Waals surface area contributed by atoms with Gasteiger partial charge in [0.15, 0.2) is 0 Å². The van der Waals surface area contributed by atoms with Gasteiger partial charge in [0.1, 0.15) is 0 Å². The van der Waals surface area contributed by atoms with Crippen molar-refractivity contribution < 1.29 is 0 Å². The highest BCUT2D eigenvalue weighted by Gasteiger charge is 2.18. The van der Waals surface area contributed by atoms with Gasteiger partial charge in [-0.2, -0.15) is 0 Å². The number of hydrogen-bond acceptors (Lipinski definition) is 1. The normalized spacial score (nSPS) is 29.5. The molecular weight excluding hydrogens is 146 g/mol. The van der Waals surface area contributed by atoms with E-state index in [1.54, 1.807) is 0 Å². The minimum Gasteiger partial charge on any atom is -0.306 e. The van der Waals surface area contributed by atoms with Gasteiger partial charge in [-0.25, -0.2) is 0 Å². The van der Waals surface area contributed by atoms with E-state index in [1.807, 2.05) is 13.8 Å². The van der Waals surface area contributed by atoms with Gasteiger partial charge in [-0.15, -0.1) is 0 Å². The lowest BCUT2D eigenvalue weighted by Crippen LogP contribution is -2.31. The lowest BCUT2D eigenvalue weighted by molar-refractivity contribution is 0.200. The third kappa shape index (κ3) is 4.10. The molecule has 1 aliphatic carbocycles. The van der Waals surface area contributed by atoms with Crippen molar-refractivity contribution in [3.05, 3.63) is 0 Å². The van der Waals surface area contributed by atoms with E-state index in [-0.39, 0.29) is 0 Å². The molecule has 1 saturated carbocycles. The topological polar surface area (TPSA) is 3.24 Å². The van der Waals surface area contributed by atoms with Crippen molar-refractivity contribution in [2.45, 2.75) is 52.5 Å². The molecule has 1 aliphatic rings. The fraction of sp³-hybridized carbons (Fsp3) is 1.00. The Hall–Kier alpha value is -0.0400. The Kier molecular flexibility index (Phi) is 6.45. The Bertz CT molecular complexity index is 91.2. The molecule has 1 rings (SSSR count). The zero-order valence-corrected chi connectivity index (χ0v) is 9.43. The second-order valence-corrected chi connectivity index (χ2v) is 3.88. The molecule has 12 heavy (non-hydrogen) atoms. The fourth-order valence-electron chi connectivity index (χ4n) is 1.76. The second-order valence-electron chi connectivity index (χ2n) is 3.88. The second kappa shape index (κ2) is 6.47. The van der Waals surface area contributed by atoms with E-state index in [2.05, 4.69) is 25.9 Å². The van der Waals surface area contributed by atoms with Crippen LogP contribution in [0.1, 0.15) is 46.5 Å². The van der Waals surface area contributed by atoms with Gasteiger partial charge < -0.3 is 4.90 Å². The molecule has 1 fully saturated rings. The Balaban J connectivity index is 0.000000561. The Morgan fingerprint density at radius 3 is 1.67 bits per heavy atom. The lowest BCUT2D eigenvalue weighted by atomic mass is 9.87. The molecule has 1 heteroatoms. The molecule has 0 N–H and O–H groups in total. The van der Waals surface area contributed by atoms with Crippen LogP contribution in [0.2, 0.25) is 0 Å². The van der Waals surface area contributed by atoms with Crippen LogP contribution in [0.3, 0.4) is 0 Å². The molecule has 0 heterocycles. The molecule has 0 bridgehead atoms. The van der Waals surface area contributed by atoms with Crippen molar-refractivity contribution in [3.8, 4) is 0 Å². The van der Waals surface area contributed by atoms with Gasteiger partial charge in [-0.05, 0) is 45.7 Å². The fourth-order valence-corrected chi connectivity index (χ4v) is 1.76. The van der Waals surface area contributed by atoms with E-state index in [0.29, 0.717) is 0 Å². The summed E-state index contributed by atoms with van der Waals surface area (Å²) >= 11 is 0. The molecule has 1 nitrogen and oxygen atoms in total. The van der Waals surface area contributed by atoms with Gasteiger partial charge in [0.05, 0.1) is 0 Å². The maximum absolute atomic E-state index is 2.37. The van der Waals surface area contributed by atoms with Gasteiger partial charge in [-0.3, -0.25) is 0 Å². The van der Waals surface area contributed by atoms with Crippen LogP contribution in [-0.4, -0.2) is 25.0 Å². The highest BCUT2D eigenvalue weighted by Crippen LogP contribution is 2.25. The third-order valence-corrected chi connectivity index (χ3v) is 2.72. The minimum atomic E-state index is 0.871. The Morgan fingerprint density at radius 1 is 0.917 bits per heavy atom. The van der Waals surface area contributed by atoms with Gasteiger partial charge in [0, 0.05) is 6.04 Å². The van der Waals surface area contributed by atoms with Crippen molar-refractivity contribution in [2.75, 3.05) is 14.1 Å². The summed E-state index contributed by atoms with van der Waals surface area (Å²) in [6, 6.07) is 0.871. The largest absolute Gasteiger partial charge is 0.306 e. The first-order valence-corrected chi connectivity index (χ1v) is 5.36. The van der Waals surface area contributed by atoms with Crippen LogP contribution in [0, 0.1) is 5.92 Å². The van der Waals surface area contributed by atoms with Crippen LogP contribution in [0.4, 0.5) is 0 Å². The van der Waals surface area contributed by atoms with Crippen molar-refractivity contribution in [2.24, 2.45) is 5.92 Å². The summed E-state index contributed by atoms with van der Waals surface area (Å²) in [6.07, 6.45) is 5.69. The van der Waals surface area contributed by atoms with E-state index in [4.69, 9.17) is 0 Å². The van der Waals surface area contributed by atoms with Crippen LogP contribution in [0.15, 0.2) is 0 Å². The summed E-state index contributed by atoms with van der Waals surface area (Å²) in [5.41, 5.74) is 0. The molecule has 0 unspecified atom stereocenters. The van der Waals surface area contributed by atoms with Crippen molar-refractivity contribution in [1.82, 2.24) is 4.90 Å². The monoisotopic (exact) mass is 171 g/mol. The van der Waals surface area contributed by atoms with E-state index in [1.165, 1.54) is 25.7 Å². The predicted molar refractivity (Wildman–Crippen MR) is 56.5 cm³/mol. The molecule has 74 valence electrons. The van der Waals surface area contributed by atoms with E-state index in [0.717, 1.165) is 12.0 Å². The van der Waals surface area contributed by atoms with Gasteiger partial charge >= 0.3 is 0 Å². The molecule has 0 aromatic rings. The average Bonchev–Trinajstić information content (AvgIpc) is 2.09. The molecule has 0 atom stereocenters. The quantitative estimate of drug-likeness (QED) is 0.586. The molecule has 0 spiro atoms. The van der Waals surface area contributed by atoms with Gasteiger partial charge in [0.25, 0.3) is 0 Å². The van der Waals surface area contributed by atoms with Crippen LogP contribution in [0.5, 0.6) is 0 Å². The van der Waals surface area contributed by atoms with Crippen LogP contribution in [-0.2, 0) is 0 Å². The van der Waals surface area contributed by atoms with Crippen molar-refractivity contribution in [1.29, 1.82) is 0 Å². The standard InChI is InChI=1S/C9H19N.C2H6/c1-8-4-6-9(7-5-8)10(2)3;1-2/h8-9H,4-7H2,1-3H3;1-2H3. The maximum Gasteiger partial charge on any atom is 0.00893 e. The van der Waals surface area contributed by atoms with E-state index < -0.39 is 0 Å². The van der Waals surface area contributed by atoms with Gasteiger partial charge in [-0.1, -0.05) is 20.8 Å². The molecule has 0 aromatic heterocycles. The summed E-state index contributed by atoms with van der Waals surface area (Å²) in [5, 5.41) is 0. The maximum atomic E-state index is 2.37. The molecule has 0 saturated heterocycles. The summed E-state index contributed by atoms with van der Waals surface area (Å²) in [5.74, 6) is 0.983. The van der Waals surface area contributed by atoms with E-state index >= 15 is 0 Å². The smallest absolute Gasteiger partial charge is 0.00893 e. The lowest BCUT2D eigenvalue weighted by Gasteiger charge is -2.30. The summed E-state index contributed by atoms with van der Waals surface area (Å²) in [4.78, 5) is 2.37. The Labute approximate surface area is 78.1 Å². The summed E-state index contributed by atoms with van der Waals surface area (Å²) < 4.78 is 0. The zero-order valence-electron chi connectivity index (χ0n) is 9.43. The summed E-state index contributed by atoms with van der Waals surface area (Å²) in [7, 11) is 4.39. The first-order chi connectivity index (χ1) is 5.70. The van der Waals surface area contributed by atoms with Crippen molar-refractivity contribution in [3.63, 3.8) is 0 Å². The van der Waals surface area contributed by atoms with Crippen LogP contribution < -0.4 is 0 Å². The Morgan fingerprint density at radius 2 is 1.33 bits per heavy atom.